The van der Waals surface area contributed by atoms with Gasteiger partial charge in [0.1, 0.15) is 10.7 Å². The standard InChI is InChI=1S/C12H10BrClFN3O2S/c1-6-3-2-4-17-12(6)18-21(19,20)8-5-7(14)9(13)11(16)10(8)15/h2-5H,16H2,1H3,(H,17,18). The van der Waals surface area contributed by atoms with Crippen molar-refractivity contribution in [2.45, 2.75) is 11.8 Å². The van der Waals surface area contributed by atoms with Crippen LogP contribution in [0.1, 0.15) is 5.56 Å². The van der Waals surface area contributed by atoms with Crippen LogP contribution in [-0.4, -0.2) is 13.4 Å². The summed E-state index contributed by atoms with van der Waals surface area (Å²) in [5.41, 5.74) is 5.71. The van der Waals surface area contributed by atoms with Crippen LogP contribution in [0.4, 0.5) is 15.9 Å². The van der Waals surface area contributed by atoms with Gasteiger partial charge in [0.2, 0.25) is 0 Å². The van der Waals surface area contributed by atoms with Gasteiger partial charge in [-0.25, -0.2) is 17.8 Å². The van der Waals surface area contributed by atoms with Gasteiger partial charge in [0.15, 0.2) is 5.82 Å². The van der Waals surface area contributed by atoms with Gasteiger partial charge in [-0.15, -0.1) is 0 Å². The van der Waals surface area contributed by atoms with Gasteiger partial charge < -0.3 is 5.73 Å². The second-order valence-electron chi connectivity index (χ2n) is 4.17. The van der Waals surface area contributed by atoms with E-state index in [9.17, 15) is 12.8 Å². The van der Waals surface area contributed by atoms with E-state index in [0.29, 0.717) is 5.56 Å². The van der Waals surface area contributed by atoms with Crippen LogP contribution in [0.2, 0.25) is 5.02 Å². The Balaban J connectivity index is 2.53. The number of halogens is 3. The molecule has 2 rings (SSSR count). The largest absolute Gasteiger partial charge is 0.395 e. The minimum atomic E-state index is -4.20. The Morgan fingerprint density at radius 1 is 1.48 bits per heavy atom. The molecule has 0 aliphatic rings. The van der Waals surface area contributed by atoms with Gasteiger partial charge in [-0.2, -0.15) is 0 Å². The number of nitrogens with one attached hydrogen (secondary N) is 1. The molecule has 0 radical (unpaired) electrons. The molecule has 0 bridgehead atoms. The molecule has 1 aromatic heterocycles. The molecule has 112 valence electrons. The number of hydrogen-bond donors (Lipinski definition) is 2. The van der Waals surface area contributed by atoms with Crippen LogP contribution >= 0.6 is 27.5 Å². The summed E-state index contributed by atoms with van der Waals surface area (Å²) in [4.78, 5) is 3.25. The van der Waals surface area contributed by atoms with Crippen molar-refractivity contribution in [3.8, 4) is 0 Å². The lowest BCUT2D eigenvalue weighted by Crippen LogP contribution is -2.17. The third-order valence-electron chi connectivity index (χ3n) is 2.69. The van der Waals surface area contributed by atoms with Crippen molar-refractivity contribution in [2.75, 3.05) is 10.5 Å². The maximum Gasteiger partial charge on any atom is 0.266 e. The van der Waals surface area contributed by atoms with Crippen LogP contribution in [0.3, 0.4) is 0 Å². The lowest BCUT2D eigenvalue weighted by molar-refractivity contribution is 0.572. The topological polar surface area (TPSA) is 85.1 Å². The quantitative estimate of drug-likeness (QED) is 0.618. The van der Waals surface area contributed by atoms with Gasteiger partial charge in [-0.3, -0.25) is 4.72 Å². The zero-order valence-electron chi connectivity index (χ0n) is 10.7. The lowest BCUT2D eigenvalue weighted by Gasteiger charge is -2.12. The zero-order chi connectivity index (χ0) is 15.8. The Morgan fingerprint density at radius 2 is 2.14 bits per heavy atom. The second-order valence-corrected chi connectivity index (χ2v) is 7.02. The number of aromatic nitrogens is 1. The van der Waals surface area contributed by atoms with E-state index in [1.165, 1.54) is 6.20 Å². The van der Waals surface area contributed by atoms with E-state index in [4.69, 9.17) is 17.3 Å². The molecule has 5 nitrogen and oxygen atoms in total. The normalized spacial score (nSPS) is 11.4. The summed E-state index contributed by atoms with van der Waals surface area (Å²) in [6.45, 7) is 1.67. The van der Waals surface area contributed by atoms with Crippen molar-refractivity contribution < 1.29 is 12.8 Å². The molecule has 0 atom stereocenters. The van der Waals surface area contributed by atoms with Crippen molar-refractivity contribution in [1.82, 2.24) is 4.98 Å². The highest BCUT2D eigenvalue weighted by molar-refractivity contribution is 9.10. The molecule has 9 heteroatoms. The highest BCUT2D eigenvalue weighted by Crippen LogP contribution is 2.35. The van der Waals surface area contributed by atoms with E-state index in [-0.39, 0.29) is 21.0 Å². The number of pyridine rings is 1. The maximum atomic E-state index is 14.1. The van der Waals surface area contributed by atoms with Gasteiger partial charge in [0.05, 0.1) is 15.2 Å². The molecule has 2 aromatic rings. The van der Waals surface area contributed by atoms with Gasteiger partial charge >= 0.3 is 0 Å². The summed E-state index contributed by atoms with van der Waals surface area (Å²) in [7, 11) is -4.20. The number of sulfonamides is 1. The number of anilines is 2. The second kappa shape index (κ2) is 5.78. The smallest absolute Gasteiger partial charge is 0.266 e. The molecule has 0 saturated heterocycles. The predicted octanol–water partition coefficient (Wildman–Crippen LogP) is 3.33. The Bertz CT molecular complexity index is 814. The van der Waals surface area contributed by atoms with E-state index in [0.717, 1.165) is 6.07 Å². The summed E-state index contributed by atoms with van der Waals surface area (Å²) in [6.07, 6.45) is 1.42. The number of benzene rings is 1. The summed E-state index contributed by atoms with van der Waals surface area (Å²) in [6, 6.07) is 4.31. The van der Waals surface area contributed by atoms with Crippen LogP contribution in [0.25, 0.3) is 0 Å². The average molecular weight is 395 g/mol. The number of rotatable bonds is 3. The van der Waals surface area contributed by atoms with Crippen LogP contribution in [0.5, 0.6) is 0 Å². The Kier molecular flexibility index (Phi) is 4.40. The molecular formula is C12H10BrClFN3O2S. The summed E-state index contributed by atoms with van der Waals surface area (Å²) >= 11 is 8.81. The van der Waals surface area contributed by atoms with Gasteiger partial charge in [0, 0.05) is 6.20 Å². The summed E-state index contributed by atoms with van der Waals surface area (Å²) in [5.74, 6) is -0.970. The molecule has 3 N–H and O–H groups in total. The SMILES string of the molecule is Cc1cccnc1NS(=O)(=O)c1cc(Cl)c(Br)c(N)c1F. The highest BCUT2D eigenvalue weighted by Gasteiger charge is 2.25. The molecule has 0 spiro atoms. The first kappa shape index (κ1) is 16.0. The molecular weight excluding hydrogens is 385 g/mol. The minimum Gasteiger partial charge on any atom is -0.395 e. The fraction of sp³-hybridized carbons (Fsp3) is 0.0833. The molecule has 0 aliphatic carbocycles. The van der Waals surface area contributed by atoms with Gasteiger partial charge in [0.25, 0.3) is 10.0 Å². The molecule has 21 heavy (non-hydrogen) atoms. The molecule has 0 unspecified atom stereocenters. The molecule has 0 aliphatic heterocycles. The van der Waals surface area contributed by atoms with E-state index in [1.54, 1.807) is 19.1 Å². The Labute approximate surface area is 134 Å². The fourth-order valence-corrected chi connectivity index (χ4v) is 3.33. The minimum absolute atomic E-state index is 0.00739. The van der Waals surface area contributed by atoms with Gasteiger partial charge in [-0.05, 0) is 40.5 Å². The number of nitrogens with zero attached hydrogens (tertiary/aromatic N) is 1. The van der Waals surface area contributed by atoms with E-state index in [1.807, 2.05) is 0 Å². The monoisotopic (exact) mass is 393 g/mol. The maximum absolute atomic E-state index is 14.1. The molecule has 0 amide bonds. The fourth-order valence-electron chi connectivity index (χ4n) is 1.57. The number of hydrogen-bond acceptors (Lipinski definition) is 4. The van der Waals surface area contributed by atoms with Crippen LogP contribution < -0.4 is 10.5 Å². The van der Waals surface area contributed by atoms with Crippen LogP contribution in [-0.2, 0) is 10.0 Å². The Hall–Kier alpha value is -1.38. The third kappa shape index (κ3) is 3.12. The van der Waals surface area contributed by atoms with Gasteiger partial charge in [-0.1, -0.05) is 17.7 Å². The third-order valence-corrected chi connectivity index (χ3v) is 5.41. The lowest BCUT2D eigenvalue weighted by atomic mass is 10.3. The van der Waals surface area contributed by atoms with Crippen LogP contribution in [0, 0.1) is 12.7 Å². The molecule has 0 fully saturated rings. The van der Waals surface area contributed by atoms with E-state index in [2.05, 4.69) is 25.6 Å². The van der Waals surface area contributed by atoms with Crippen molar-refractivity contribution in [2.24, 2.45) is 0 Å². The first-order valence-corrected chi connectivity index (χ1v) is 8.27. The number of nitrogen functional groups attached to an aromatic ring is 1. The van der Waals surface area contributed by atoms with E-state index >= 15 is 0 Å². The molecule has 0 saturated carbocycles. The van der Waals surface area contributed by atoms with Crippen molar-refractivity contribution in [3.05, 3.63) is 45.3 Å². The van der Waals surface area contributed by atoms with E-state index < -0.39 is 20.7 Å². The average Bonchev–Trinajstić information content (AvgIpc) is 2.42. The number of nitrogens with two attached hydrogens (primary N) is 1. The zero-order valence-corrected chi connectivity index (χ0v) is 13.9. The van der Waals surface area contributed by atoms with Crippen molar-refractivity contribution in [3.63, 3.8) is 0 Å². The first-order chi connectivity index (χ1) is 9.74. The summed E-state index contributed by atoms with van der Waals surface area (Å²) in [5, 5.41) is -0.00739. The van der Waals surface area contributed by atoms with Crippen LogP contribution in [0.15, 0.2) is 33.8 Å². The summed E-state index contributed by atoms with van der Waals surface area (Å²) < 4.78 is 40.9. The molecule has 1 heterocycles. The van der Waals surface area contributed by atoms with Crippen molar-refractivity contribution >= 4 is 49.1 Å². The predicted molar refractivity (Wildman–Crippen MR) is 83.3 cm³/mol. The first-order valence-electron chi connectivity index (χ1n) is 5.61. The number of aryl methyl sites for hydroxylation is 1. The Morgan fingerprint density at radius 3 is 2.76 bits per heavy atom. The highest BCUT2D eigenvalue weighted by atomic mass is 79.9. The molecule has 1 aromatic carbocycles. The van der Waals surface area contributed by atoms with Crippen molar-refractivity contribution in [1.29, 1.82) is 0 Å².